The Hall–Kier alpha value is -4.51. The van der Waals surface area contributed by atoms with Crippen LogP contribution in [0.2, 0.25) is 0 Å². The van der Waals surface area contributed by atoms with Crippen LogP contribution in [0.15, 0.2) is 78.5 Å². The lowest BCUT2D eigenvalue weighted by Crippen LogP contribution is -2.13. The summed E-state index contributed by atoms with van der Waals surface area (Å²) in [5.41, 5.74) is 8.56. The van der Waals surface area contributed by atoms with Crippen molar-refractivity contribution in [3.8, 4) is 0 Å². The zero-order valence-electron chi connectivity index (χ0n) is 26.0. The molecule has 6 heterocycles. The quantitative estimate of drug-likeness (QED) is 0.214. The highest BCUT2D eigenvalue weighted by Gasteiger charge is 2.24. The van der Waals surface area contributed by atoms with E-state index in [0.29, 0.717) is 17.5 Å². The summed E-state index contributed by atoms with van der Waals surface area (Å²) in [5, 5.41) is 0. The van der Waals surface area contributed by atoms with Crippen molar-refractivity contribution in [1.82, 2.24) is 37.7 Å². The monoisotopic (exact) mass is 634 g/mol. The second-order valence-corrected chi connectivity index (χ2v) is 14.6. The average molecular weight is 635 g/mol. The molecule has 7 aromatic rings. The van der Waals surface area contributed by atoms with Crippen LogP contribution in [0.4, 0.5) is 0 Å². The van der Waals surface area contributed by atoms with Gasteiger partial charge in [-0.05, 0) is 56.9 Å². The predicted molar refractivity (Wildman–Crippen MR) is 179 cm³/mol. The molecule has 236 valence electrons. The smallest absolute Gasteiger partial charge is 0.269 e. The Morgan fingerprint density at radius 1 is 0.674 bits per heavy atom. The molecule has 10 nitrogen and oxygen atoms in total. The maximum atomic E-state index is 13.2. The lowest BCUT2D eigenvalue weighted by molar-refractivity contribution is 0.436. The first-order chi connectivity index (χ1) is 22.5. The number of aryl methyl sites for hydroxylation is 1. The van der Waals surface area contributed by atoms with E-state index in [1.54, 1.807) is 36.7 Å². The van der Waals surface area contributed by atoms with Gasteiger partial charge in [-0.2, -0.15) is 0 Å². The zero-order chi connectivity index (χ0) is 31.3. The van der Waals surface area contributed by atoms with Crippen LogP contribution >= 0.6 is 0 Å². The molecule has 6 aromatic heterocycles. The third kappa shape index (κ3) is 4.97. The van der Waals surface area contributed by atoms with E-state index in [-0.39, 0.29) is 4.90 Å². The van der Waals surface area contributed by atoms with Crippen LogP contribution in [0.5, 0.6) is 0 Å². The van der Waals surface area contributed by atoms with Crippen molar-refractivity contribution >= 4 is 43.6 Å². The molecule has 46 heavy (non-hydrogen) atoms. The van der Waals surface area contributed by atoms with Crippen LogP contribution in [-0.2, 0) is 10.0 Å². The van der Waals surface area contributed by atoms with Crippen LogP contribution in [0.1, 0.15) is 93.0 Å². The van der Waals surface area contributed by atoms with Gasteiger partial charge in [0.2, 0.25) is 0 Å². The number of rotatable bonds is 4. The number of fused-ring (bicyclic) bond motifs is 6. The largest absolute Gasteiger partial charge is 0.345 e. The van der Waals surface area contributed by atoms with Crippen molar-refractivity contribution in [1.29, 1.82) is 0 Å². The number of nitrogens with zero attached hydrogens (tertiary/aromatic N) is 7. The van der Waals surface area contributed by atoms with Crippen molar-refractivity contribution in [2.45, 2.75) is 87.9 Å². The Labute approximate surface area is 267 Å². The molecule has 1 N–H and O–H groups in total. The van der Waals surface area contributed by atoms with E-state index in [0.717, 1.165) is 52.1 Å². The molecule has 0 saturated heterocycles. The molecule has 0 aliphatic heterocycles. The van der Waals surface area contributed by atoms with Gasteiger partial charge < -0.3 is 4.98 Å². The minimum atomic E-state index is -3.71. The number of imidazole rings is 2. The first-order valence-corrected chi connectivity index (χ1v) is 17.9. The fourth-order valence-corrected chi connectivity index (χ4v) is 8.73. The molecule has 0 unspecified atom stereocenters. The van der Waals surface area contributed by atoms with Crippen LogP contribution in [-0.4, -0.2) is 46.1 Å². The van der Waals surface area contributed by atoms with E-state index in [1.165, 1.54) is 61.0 Å². The topological polar surface area (TPSA) is 115 Å². The van der Waals surface area contributed by atoms with Gasteiger partial charge in [0.25, 0.3) is 10.0 Å². The molecule has 0 atom stereocenters. The number of aromatic nitrogens is 8. The summed E-state index contributed by atoms with van der Waals surface area (Å²) in [4.78, 5) is 21.3. The lowest BCUT2D eigenvalue weighted by atomic mass is 9.87. The van der Waals surface area contributed by atoms with E-state index in [1.807, 2.05) is 37.8 Å². The minimum absolute atomic E-state index is 0.260. The van der Waals surface area contributed by atoms with E-state index in [9.17, 15) is 8.42 Å². The molecule has 2 aliphatic rings. The number of benzene rings is 1. The van der Waals surface area contributed by atoms with Gasteiger partial charge in [-0.3, -0.25) is 8.80 Å². The summed E-state index contributed by atoms with van der Waals surface area (Å²) in [7, 11) is -3.71. The summed E-state index contributed by atoms with van der Waals surface area (Å²) in [6.45, 7) is 1.94. The highest BCUT2D eigenvalue weighted by atomic mass is 32.2. The first kappa shape index (κ1) is 28.9. The Balaban J connectivity index is 0.000000149. The molecular weight excluding hydrogens is 597 g/mol. The normalized spacial score (nSPS) is 16.8. The summed E-state index contributed by atoms with van der Waals surface area (Å²) in [6, 6.07) is 10.8. The summed E-state index contributed by atoms with van der Waals surface area (Å²) < 4.78 is 32.0. The fraction of sp³-hybridized carbons (Fsp3) is 0.371. The van der Waals surface area contributed by atoms with Gasteiger partial charge in [0.05, 0.1) is 28.3 Å². The van der Waals surface area contributed by atoms with Crippen LogP contribution in [0.25, 0.3) is 33.6 Å². The molecule has 11 heteroatoms. The number of H-pyrrole nitrogens is 1. The first-order valence-electron chi connectivity index (χ1n) is 16.4. The lowest BCUT2D eigenvalue weighted by Gasteiger charge is -2.21. The van der Waals surface area contributed by atoms with Crippen molar-refractivity contribution < 1.29 is 8.42 Å². The van der Waals surface area contributed by atoms with E-state index >= 15 is 0 Å². The zero-order valence-corrected chi connectivity index (χ0v) is 26.8. The van der Waals surface area contributed by atoms with Crippen LogP contribution in [0, 0.1) is 6.92 Å². The van der Waals surface area contributed by atoms with Gasteiger partial charge in [0, 0.05) is 48.0 Å². The van der Waals surface area contributed by atoms with Crippen molar-refractivity contribution in [3.63, 3.8) is 0 Å². The number of hydrogen-bond acceptors (Lipinski definition) is 6. The Morgan fingerprint density at radius 3 is 1.89 bits per heavy atom. The molecule has 0 amide bonds. The highest BCUT2D eigenvalue weighted by molar-refractivity contribution is 7.90. The summed E-state index contributed by atoms with van der Waals surface area (Å²) in [5.74, 6) is 1.13. The van der Waals surface area contributed by atoms with Gasteiger partial charge in [-0.15, -0.1) is 0 Å². The maximum Gasteiger partial charge on any atom is 0.269 e. The molecule has 2 aliphatic carbocycles. The second-order valence-electron chi connectivity index (χ2n) is 12.8. The molecule has 2 saturated carbocycles. The van der Waals surface area contributed by atoms with Gasteiger partial charge in [-0.1, -0.05) is 56.2 Å². The van der Waals surface area contributed by atoms with E-state index in [2.05, 4.69) is 39.8 Å². The summed E-state index contributed by atoms with van der Waals surface area (Å²) in [6.07, 6.45) is 23.7. The number of nitrogens with one attached hydrogen (secondary N) is 1. The van der Waals surface area contributed by atoms with Crippen LogP contribution in [0.3, 0.4) is 0 Å². The highest BCUT2D eigenvalue weighted by Crippen LogP contribution is 2.35. The summed E-state index contributed by atoms with van der Waals surface area (Å²) >= 11 is 0. The molecular formula is C35H38N8O2S. The van der Waals surface area contributed by atoms with Gasteiger partial charge in [0.15, 0.2) is 22.6 Å². The molecule has 2 fully saturated rings. The second kappa shape index (κ2) is 11.7. The van der Waals surface area contributed by atoms with Crippen molar-refractivity contribution in [2.75, 3.05) is 0 Å². The van der Waals surface area contributed by atoms with E-state index in [4.69, 9.17) is 0 Å². The maximum absolute atomic E-state index is 13.2. The average Bonchev–Trinajstić information content (AvgIpc) is 3.90. The predicted octanol–water partition coefficient (Wildman–Crippen LogP) is 7.54. The molecule has 0 bridgehead atoms. The number of hydrogen-bond donors (Lipinski definition) is 1. The number of aromatic amines is 1. The van der Waals surface area contributed by atoms with E-state index < -0.39 is 10.0 Å². The molecule has 0 spiro atoms. The SMILES string of the molecule is Cc1ccc(S(=O)(=O)n2ccc3c2ncc2ncc(C4CCCCC4)n23)cc1.c1cc2c(ncc3ncc(C4CCCCC4)n32)[nH]1. The van der Waals surface area contributed by atoms with Gasteiger partial charge in [-0.25, -0.2) is 32.3 Å². The van der Waals surface area contributed by atoms with Gasteiger partial charge in [0.1, 0.15) is 0 Å². The third-order valence-electron chi connectivity index (χ3n) is 9.86. The van der Waals surface area contributed by atoms with Crippen LogP contribution < -0.4 is 0 Å². The Morgan fingerprint density at radius 2 is 1.26 bits per heavy atom. The molecule has 0 radical (unpaired) electrons. The van der Waals surface area contributed by atoms with Crippen molar-refractivity contribution in [2.24, 2.45) is 0 Å². The minimum Gasteiger partial charge on any atom is -0.345 e. The third-order valence-corrected chi connectivity index (χ3v) is 11.5. The standard InChI is InChI=1S/C21H22N4O2S.C14H16N4/c1-15-7-9-17(10-8-15)28(26,27)24-12-11-18-21(24)23-14-20-22-13-19(25(18)20)16-5-3-2-4-6-16;1-2-4-10(5-3-1)12-8-16-13-9-17-14-11(18(12)13)6-7-15-14/h7-14,16H,2-6H2,1H3;6-10,15H,1-5H2. The molecule has 1 aromatic carbocycles. The Bertz CT molecular complexity index is 2260. The molecule has 9 rings (SSSR count). The van der Waals surface area contributed by atoms with Gasteiger partial charge >= 0.3 is 0 Å². The Kier molecular flexibility index (Phi) is 7.35. The fourth-order valence-electron chi connectivity index (χ4n) is 7.43. The van der Waals surface area contributed by atoms with Crippen molar-refractivity contribution in [3.05, 3.63) is 90.5 Å².